The number of rotatable bonds is 0. The Morgan fingerprint density at radius 1 is 1.40 bits per heavy atom. The molecule has 1 fully saturated rings. The summed E-state index contributed by atoms with van der Waals surface area (Å²) >= 11 is 6.45. The molecule has 0 unspecified atom stereocenters. The molecule has 2 atom stereocenters. The number of H-pyrrole nitrogens is 1. The van der Waals surface area contributed by atoms with Crippen molar-refractivity contribution in [1.82, 2.24) is 10.2 Å². The van der Waals surface area contributed by atoms with Gasteiger partial charge in [-0.1, -0.05) is 17.7 Å². The molecule has 2 aromatic rings. The topological polar surface area (TPSA) is 45.8 Å². The number of nitrogens with one attached hydrogen (secondary N) is 1. The largest absolute Gasteiger partial charge is 0.293 e. The summed E-state index contributed by atoms with van der Waals surface area (Å²) in [4.78, 5) is 12.3. The zero-order valence-electron chi connectivity index (χ0n) is 10.9. The summed E-state index contributed by atoms with van der Waals surface area (Å²) in [5, 5.41) is 8.85. The van der Waals surface area contributed by atoms with Gasteiger partial charge in [0.15, 0.2) is 5.78 Å². The summed E-state index contributed by atoms with van der Waals surface area (Å²) < 4.78 is 0. The molecular weight excluding hydrogens is 272 g/mol. The van der Waals surface area contributed by atoms with E-state index >= 15 is 0 Å². The second-order valence-corrected chi connectivity index (χ2v) is 6.75. The molecule has 100 valence electrons. The number of halogens is 1. The first kappa shape index (κ1) is 11.1. The number of aromatic amines is 1. The molecule has 1 saturated carbocycles. The van der Waals surface area contributed by atoms with Crippen LogP contribution in [0.1, 0.15) is 30.4 Å². The monoisotopic (exact) mass is 284 g/mol. The molecule has 4 heteroatoms. The van der Waals surface area contributed by atoms with Gasteiger partial charge in [0, 0.05) is 16.7 Å². The van der Waals surface area contributed by atoms with Crippen molar-refractivity contribution in [3.63, 3.8) is 0 Å². The van der Waals surface area contributed by atoms with E-state index in [1.54, 1.807) is 0 Å². The SMILES string of the molecule is O=C1C(Cl)=C2c3ccc4[nH]ncc4c3C[C@@]23CC[C@@H]1C3. The van der Waals surface area contributed by atoms with Gasteiger partial charge in [-0.25, -0.2) is 0 Å². The van der Waals surface area contributed by atoms with Crippen molar-refractivity contribution in [2.45, 2.75) is 25.7 Å². The number of fused-ring (bicyclic) bond motifs is 5. The Hall–Kier alpha value is -1.61. The van der Waals surface area contributed by atoms with E-state index in [-0.39, 0.29) is 17.1 Å². The quantitative estimate of drug-likeness (QED) is 0.805. The molecule has 20 heavy (non-hydrogen) atoms. The highest BCUT2D eigenvalue weighted by Crippen LogP contribution is 2.63. The van der Waals surface area contributed by atoms with E-state index < -0.39 is 0 Å². The Kier molecular flexibility index (Phi) is 1.85. The van der Waals surface area contributed by atoms with Gasteiger partial charge in [0.1, 0.15) is 0 Å². The molecule has 2 bridgehead atoms. The van der Waals surface area contributed by atoms with Crippen LogP contribution in [-0.4, -0.2) is 16.0 Å². The number of nitrogens with zero attached hydrogens (tertiary/aromatic N) is 1. The van der Waals surface area contributed by atoms with Crippen LogP contribution >= 0.6 is 11.6 Å². The summed E-state index contributed by atoms with van der Waals surface area (Å²) in [6, 6.07) is 4.15. The molecule has 1 aromatic carbocycles. The number of carbonyl (C=O) groups excluding carboxylic acids is 1. The molecule has 0 radical (unpaired) electrons. The summed E-state index contributed by atoms with van der Waals surface area (Å²) in [6.45, 7) is 0. The molecule has 0 aliphatic heterocycles. The fourth-order valence-corrected chi connectivity index (χ4v) is 5.06. The van der Waals surface area contributed by atoms with Crippen molar-refractivity contribution in [2.75, 3.05) is 0 Å². The van der Waals surface area contributed by atoms with Crippen molar-refractivity contribution in [2.24, 2.45) is 11.3 Å². The predicted molar refractivity (Wildman–Crippen MR) is 77.4 cm³/mol. The van der Waals surface area contributed by atoms with Crippen LogP contribution in [0.3, 0.4) is 0 Å². The van der Waals surface area contributed by atoms with Crippen LogP contribution in [0.2, 0.25) is 0 Å². The van der Waals surface area contributed by atoms with Gasteiger partial charge in [0.25, 0.3) is 0 Å². The van der Waals surface area contributed by atoms with Crippen LogP contribution in [0.15, 0.2) is 23.4 Å². The molecule has 3 aliphatic carbocycles. The maximum Gasteiger partial charge on any atom is 0.177 e. The van der Waals surface area contributed by atoms with Gasteiger partial charge in [0.05, 0.1) is 16.7 Å². The van der Waals surface area contributed by atoms with Gasteiger partial charge in [-0.3, -0.25) is 9.89 Å². The summed E-state index contributed by atoms with van der Waals surface area (Å²) in [7, 11) is 0. The lowest BCUT2D eigenvalue weighted by atomic mass is 9.74. The maximum absolute atomic E-state index is 12.3. The number of ketones is 1. The lowest BCUT2D eigenvalue weighted by Gasteiger charge is -2.30. The second kappa shape index (κ2) is 3.34. The standard InChI is InChI=1S/C16H13ClN2O/c17-14-13-9-1-2-12-11(7-18-19-12)10(9)6-16(13)4-3-8(5-16)15(14)20/h1-2,7-8H,3-6H2,(H,18,19)/t8-,16+/m1/s1. The number of benzene rings is 1. The summed E-state index contributed by atoms with van der Waals surface area (Å²) in [5.41, 5.74) is 4.80. The van der Waals surface area contributed by atoms with Crippen LogP contribution in [0.4, 0.5) is 0 Å². The highest BCUT2D eigenvalue weighted by atomic mass is 35.5. The summed E-state index contributed by atoms with van der Waals surface area (Å²) in [5.74, 6) is 0.315. The molecular formula is C16H13ClN2O. The third kappa shape index (κ3) is 1.10. The molecule has 3 aliphatic rings. The minimum Gasteiger partial charge on any atom is -0.293 e. The van der Waals surface area contributed by atoms with E-state index in [0.717, 1.165) is 36.8 Å². The van der Waals surface area contributed by atoms with Crippen molar-refractivity contribution in [1.29, 1.82) is 0 Å². The summed E-state index contributed by atoms with van der Waals surface area (Å²) in [6.07, 6.45) is 5.95. The average molecular weight is 285 g/mol. The maximum atomic E-state index is 12.3. The van der Waals surface area contributed by atoms with Crippen molar-refractivity contribution >= 4 is 33.9 Å². The molecule has 3 nitrogen and oxygen atoms in total. The minimum absolute atomic E-state index is 0.115. The first-order valence-corrected chi connectivity index (χ1v) is 7.47. The van der Waals surface area contributed by atoms with Gasteiger partial charge in [-0.2, -0.15) is 5.10 Å². The normalized spacial score (nSPS) is 31.1. The Balaban J connectivity index is 1.88. The van der Waals surface area contributed by atoms with Crippen LogP contribution in [0, 0.1) is 11.3 Å². The molecule has 1 N–H and O–H groups in total. The smallest absolute Gasteiger partial charge is 0.177 e. The van der Waals surface area contributed by atoms with Gasteiger partial charge >= 0.3 is 0 Å². The van der Waals surface area contributed by atoms with Crippen molar-refractivity contribution in [3.8, 4) is 0 Å². The van der Waals surface area contributed by atoms with Crippen LogP contribution < -0.4 is 0 Å². The van der Waals surface area contributed by atoms with Crippen molar-refractivity contribution < 1.29 is 4.79 Å². The number of Topliss-reactive ketones (excluding diaryl/α,β-unsaturated/α-hetero) is 1. The van der Waals surface area contributed by atoms with Gasteiger partial charge in [-0.15, -0.1) is 0 Å². The third-order valence-corrected chi connectivity index (χ3v) is 5.84. The highest BCUT2D eigenvalue weighted by Gasteiger charge is 2.54. The van der Waals surface area contributed by atoms with E-state index in [4.69, 9.17) is 11.6 Å². The molecule has 1 heterocycles. The first-order valence-electron chi connectivity index (χ1n) is 7.09. The second-order valence-electron chi connectivity index (χ2n) is 6.37. The van der Waals surface area contributed by atoms with Crippen LogP contribution in [0.25, 0.3) is 16.5 Å². The fraction of sp³-hybridized carbons (Fsp3) is 0.375. The van der Waals surface area contributed by atoms with Crippen molar-refractivity contribution in [3.05, 3.63) is 34.5 Å². The van der Waals surface area contributed by atoms with Crippen LogP contribution in [0.5, 0.6) is 0 Å². The number of hydrogen-bond donors (Lipinski definition) is 1. The van der Waals surface area contributed by atoms with E-state index in [1.165, 1.54) is 16.5 Å². The highest BCUT2D eigenvalue weighted by molar-refractivity contribution is 6.46. The predicted octanol–water partition coefficient (Wildman–Crippen LogP) is 3.44. The zero-order valence-corrected chi connectivity index (χ0v) is 11.6. The Labute approximate surface area is 121 Å². The lowest BCUT2D eigenvalue weighted by molar-refractivity contribution is -0.118. The van der Waals surface area contributed by atoms with E-state index in [0.29, 0.717) is 5.03 Å². The lowest BCUT2D eigenvalue weighted by Crippen LogP contribution is -2.25. The van der Waals surface area contributed by atoms with Gasteiger partial charge in [0.2, 0.25) is 0 Å². The molecule has 5 rings (SSSR count). The van der Waals surface area contributed by atoms with E-state index in [2.05, 4.69) is 16.3 Å². The first-order chi connectivity index (χ1) is 9.70. The average Bonchev–Trinajstić information content (AvgIpc) is 3.11. The molecule has 0 amide bonds. The number of hydrogen-bond acceptors (Lipinski definition) is 2. The number of allylic oxidation sites excluding steroid dienone is 2. The van der Waals surface area contributed by atoms with E-state index in [1.807, 2.05) is 12.3 Å². The minimum atomic E-state index is 0.115. The Morgan fingerprint density at radius 3 is 3.20 bits per heavy atom. The molecule has 1 aromatic heterocycles. The van der Waals surface area contributed by atoms with E-state index in [9.17, 15) is 4.79 Å². The third-order valence-electron chi connectivity index (χ3n) is 5.47. The number of carbonyl (C=O) groups is 1. The fourth-order valence-electron chi connectivity index (χ4n) is 4.60. The number of aromatic nitrogens is 2. The Morgan fingerprint density at radius 2 is 2.30 bits per heavy atom. The van der Waals surface area contributed by atoms with Gasteiger partial charge in [-0.05, 0) is 48.4 Å². The molecule has 1 spiro atoms. The van der Waals surface area contributed by atoms with Gasteiger partial charge < -0.3 is 0 Å². The zero-order chi connectivity index (χ0) is 13.5. The van der Waals surface area contributed by atoms with Crippen LogP contribution in [-0.2, 0) is 11.2 Å². The molecule has 0 saturated heterocycles. The Bertz CT molecular complexity index is 819.